The molecule has 0 aliphatic carbocycles. The Morgan fingerprint density at radius 2 is 1.86 bits per heavy atom. The van der Waals surface area contributed by atoms with Crippen LogP contribution in [0.1, 0.15) is 76.8 Å². The molecule has 21 heavy (non-hydrogen) atoms. The van der Waals surface area contributed by atoms with Crippen LogP contribution in [-0.4, -0.2) is 18.6 Å². The zero-order valence-corrected chi connectivity index (χ0v) is 14.0. The van der Waals surface area contributed by atoms with Crippen LogP contribution in [0, 0.1) is 0 Å². The van der Waals surface area contributed by atoms with E-state index in [1.54, 1.807) is 13.3 Å². The van der Waals surface area contributed by atoms with Gasteiger partial charge in [-0.2, -0.15) is 0 Å². The number of rotatable bonds is 12. The van der Waals surface area contributed by atoms with E-state index in [9.17, 15) is 0 Å². The van der Waals surface area contributed by atoms with Crippen LogP contribution in [0.2, 0.25) is 0 Å². The Hall–Kier alpha value is -1.09. The quantitative estimate of drug-likeness (QED) is 0.557. The Balaban J connectivity index is 2.51. The van der Waals surface area contributed by atoms with Crippen LogP contribution in [0.5, 0.6) is 5.88 Å². The van der Waals surface area contributed by atoms with Gasteiger partial charge in [-0.1, -0.05) is 58.4 Å². The number of pyridine rings is 1. The Labute approximate surface area is 130 Å². The number of unbranched alkanes of at least 4 members (excludes halogenated alkanes) is 5. The fourth-order valence-electron chi connectivity index (χ4n) is 2.65. The van der Waals surface area contributed by atoms with E-state index < -0.39 is 0 Å². The van der Waals surface area contributed by atoms with E-state index >= 15 is 0 Å². The van der Waals surface area contributed by atoms with Crippen molar-refractivity contribution in [3.63, 3.8) is 0 Å². The standard InChI is InChI=1S/C18H32N2O/c1-4-6-7-8-9-10-13-17(19-14-5-2)16-12-11-15-20-18(16)21-3/h11-12,15,17,19H,4-10,13-14H2,1-3H3. The summed E-state index contributed by atoms with van der Waals surface area (Å²) in [6, 6.07) is 4.50. The van der Waals surface area contributed by atoms with Gasteiger partial charge in [0, 0.05) is 17.8 Å². The zero-order chi connectivity index (χ0) is 15.3. The van der Waals surface area contributed by atoms with Gasteiger partial charge in [0.15, 0.2) is 0 Å². The largest absolute Gasteiger partial charge is 0.481 e. The molecule has 3 heteroatoms. The Bertz CT molecular complexity index is 368. The lowest BCUT2D eigenvalue weighted by Gasteiger charge is -2.20. The van der Waals surface area contributed by atoms with Gasteiger partial charge in [0.25, 0.3) is 0 Å². The summed E-state index contributed by atoms with van der Waals surface area (Å²) >= 11 is 0. The number of methoxy groups -OCH3 is 1. The summed E-state index contributed by atoms with van der Waals surface area (Å²) in [6.07, 6.45) is 12.1. The first-order chi connectivity index (χ1) is 10.3. The van der Waals surface area contributed by atoms with Gasteiger partial charge in [0.1, 0.15) is 0 Å². The molecule has 0 saturated heterocycles. The minimum Gasteiger partial charge on any atom is -0.481 e. The third-order valence-electron chi connectivity index (χ3n) is 3.86. The number of aromatic nitrogens is 1. The first kappa shape index (κ1) is 18.0. The van der Waals surface area contributed by atoms with Crippen LogP contribution >= 0.6 is 0 Å². The van der Waals surface area contributed by atoms with Gasteiger partial charge >= 0.3 is 0 Å². The van der Waals surface area contributed by atoms with Gasteiger partial charge in [0.05, 0.1) is 7.11 Å². The highest BCUT2D eigenvalue weighted by molar-refractivity contribution is 5.28. The fraction of sp³-hybridized carbons (Fsp3) is 0.722. The van der Waals surface area contributed by atoms with E-state index in [0.717, 1.165) is 25.3 Å². The van der Waals surface area contributed by atoms with Crippen molar-refractivity contribution in [2.24, 2.45) is 0 Å². The Morgan fingerprint density at radius 1 is 1.10 bits per heavy atom. The van der Waals surface area contributed by atoms with E-state index in [1.807, 2.05) is 6.07 Å². The molecule has 0 amide bonds. The average molecular weight is 292 g/mol. The summed E-state index contributed by atoms with van der Waals surface area (Å²) in [5.41, 5.74) is 1.20. The normalized spacial score (nSPS) is 12.3. The lowest BCUT2D eigenvalue weighted by Crippen LogP contribution is -2.23. The summed E-state index contributed by atoms with van der Waals surface area (Å²) in [5, 5.41) is 3.64. The Morgan fingerprint density at radius 3 is 2.57 bits per heavy atom. The molecule has 0 bridgehead atoms. The fourth-order valence-corrected chi connectivity index (χ4v) is 2.65. The molecule has 0 saturated carbocycles. The number of hydrogen-bond acceptors (Lipinski definition) is 3. The van der Waals surface area contributed by atoms with Crippen LogP contribution in [0.15, 0.2) is 18.3 Å². The van der Waals surface area contributed by atoms with Crippen LogP contribution in [0.4, 0.5) is 0 Å². The highest BCUT2D eigenvalue weighted by atomic mass is 16.5. The topological polar surface area (TPSA) is 34.2 Å². The molecule has 1 rings (SSSR count). The Kier molecular flexibility index (Phi) is 9.88. The molecule has 1 atom stereocenters. The number of nitrogens with one attached hydrogen (secondary N) is 1. The van der Waals surface area contributed by atoms with Crippen molar-refractivity contribution in [1.29, 1.82) is 0 Å². The third kappa shape index (κ3) is 6.94. The van der Waals surface area contributed by atoms with E-state index in [0.29, 0.717) is 6.04 Å². The second-order valence-electron chi connectivity index (χ2n) is 5.67. The molecule has 3 nitrogen and oxygen atoms in total. The lowest BCUT2D eigenvalue weighted by atomic mass is 10.00. The zero-order valence-electron chi connectivity index (χ0n) is 14.0. The SMILES string of the molecule is CCCCCCCCC(NCCC)c1cccnc1OC. The molecule has 0 radical (unpaired) electrons. The molecule has 1 heterocycles. The molecule has 0 aromatic carbocycles. The minimum absolute atomic E-state index is 0.361. The van der Waals surface area contributed by atoms with Crippen molar-refractivity contribution in [3.05, 3.63) is 23.9 Å². The summed E-state index contributed by atoms with van der Waals surface area (Å²) in [5.74, 6) is 0.761. The summed E-state index contributed by atoms with van der Waals surface area (Å²) < 4.78 is 5.41. The molecule has 1 N–H and O–H groups in total. The molecule has 0 fully saturated rings. The van der Waals surface area contributed by atoms with Crippen molar-refractivity contribution < 1.29 is 4.74 Å². The first-order valence-corrected chi connectivity index (χ1v) is 8.55. The lowest BCUT2D eigenvalue weighted by molar-refractivity contribution is 0.376. The molecule has 0 aliphatic rings. The van der Waals surface area contributed by atoms with Crippen molar-refractivity contribution in [2.45, 2.75) is 71.3 Å². The maximum absolute atomic E-state index is 5.41. The van der Waals surface area contributed by atoms with E-state index in [4.69, 9.17) is 4.74 Å². The highest BCUT2D eigenvalue weighted by Crippen LogP contribution is 2.26. The molecule has 0 aliphatic heterocycles. The smallest absolute Gasteiger partial charge is 0.217 e. The molecule has 1 aromatic rings. The maximum atomic E-state index is 5.41. The highest BCUT2D eigenvalue weighted by Gasteiger charge is 2.15. The molecule has 0 spiro atoms. The number of ether oxygens (including phenoxy) is 1. The predicted octanol–water partition coefficient (Wildman–Crippen LogP) is 4.88. The summed E-state index contributed by atoms with van der Waals surface area (Å²) in [6.45, 7) is 5.51. The first-order valence-electron chi connectivity index (χ1n) is 8.55. The van der Waals surface area contributed by atoms with E-state index in [1.165, 1.54) is 44.1 Å². The number of nitrogens with zero attached hydrogens (tertiary/aromatic N) is 1. The molecular formula is C18H32N2O. The van der Waals surface area contributed by atoms with Crippen molar-refractivity contribution in [2.75, 3.05) is 13.7 Å². The monoisotopic (exact) mass is 292 g/mol. The molecule has 120 valence electrons. The van der Waals surface area contributed by atoms with Crippen LogP contribution in [-0.2, 0) is 0 Å². The number of hydrogen-bond donors (Lipinski definition) is 1. The second-order valence-corrected chi connectivity index (χ2v) is 5.67. The van der Waals surface area contributed by atoms with Gasteiger partial charge in [-0.15, -0.1) is 0 Å². The van der Waals surface area contributed by atoms with Crippen molar-refractivity contribution >= 4 is 0 Å². The van der Waals surface area contributed by atoms with Gasteiger partial charge in [0.2, 0.25) is 5.88 Å². The second kappa shape index (κ2) is 11.6. The van der Waals surface area contributed by atoms with Crippen LogP contribution in [0.25, 0.3) is 0 Å². The van der Waals surface area contributed by atoms with Gasteiger partial charge in [-0.25, -0.2) is 4.98 Å². The predicted molar refractivity (Wildman–Crippen MR) is 89.8 cm³/mol. The molecule has 1 aromatic heterocycles. The van der Waals surface area contributed by atoms with Gasteiger partial charge in [-0.3, -0.25) is 0 Å². The minimum atomic E-state index is 0.361. The van der Waals surface area contributed by atoms with Crippen molar-refractivity contribution in [3.8, 4) is 5.88 Å². The molecule has 1 unspecified atom stereocenters. The van der Waals surface area contributed by atoms with Gasteiger partial charge < -0.3 is 10.1 Å². The molecular weight excluding hydrogens is 260 g/mol. The van der Waals surface area contributed by atoms with E-state index in [2.05, 4.69) is 30.2 Å². The van der Waals surface area contributed by atoms with Crippen LogP contribution < -0.4 is 10.1 Å². The summed E-state index contributed by atoms with van der Waals surface area (Å²) in [7, 11) is 1.70. The third-order valence-corrected chi connectivity index (χ3v) is 3.86. The average Bonchev–Trinajstić information content (AvgIpc) is 2.53. The van der Waals surface area contributed by atoms with E-state index in [-0.39, 0.29) is 0 Å². The maximum Gasteiger partial charge on any atom is 0.217 e. The summed E-state index contributed by atoms with van der Waals surface area (Å²) in [4.78, 5) is 4.33. The van der Waals surface area contributed by atoms with Gasteiger partial charge in [-0.05, 0) is 25.5 Å². The van der Waals surface area contributed by atoms with Crippen LogP contribution in [0.3, 0.4) is 0 Å². The van der Waals surface area contributed by atoms with Crippen molar-refractivity contribution in [1.82, 2.24) is 10.3 Å².